The molecule has 128 valence electrons. The van der Waals surface area contributed by atoms with E-state index in [-0.39, 0.29) is 11.9 Å². The van der Waals surface area contributed by atoms with Crippen LogP contribution in [0, 0.1) is 0 Å². The van der Waals surface area contributed by atoms with Crippen LogP contribution in [0.15, 0.2) is 24.3 Å². The lowest BCUT2D eigenvalue weighted by molar-refractivity contribution is -0.119. The summed E-state index contributed by atoms with van der Waals surface area (Å²) in [5.41, 5.74) is 0.881. The molecule has 1 aliphatic rings. The average Bonchev–Trinajstić information content (AvgIpc) is 2.74. The minimum Gasteiger partial charge on any atom is -0.308 e. The number of hydrogen-bond donors (Lipinski definition) is 0. The highest BCUT2D eigenvalue weighted by molar-refractivity contribution is 6.31. The van der Waals surface area contributed by atoms with Gasteiger partial charge in [0.2, 0.25) is 5.91 Å². The van der Waals surface area contributed by atoms with Gasteiger partial charge < -0.3 is 9.80 Å². The fourth-order valence-electron chi connectivity index (χ4n) is 3.52. The summed E-state index contributed by atoms with van der Waals surface area (Å²) in [4.78, 5) is 17.0. The van der Waals surface area contributed by atoms with Crippen LogP contribution in [-0.2, 0) is 4.79 Å². The third-order valence-electron chi connectivity index (χ3n) is 4.60. The van der Waals surface area contributed by atoms with Crippen molar-refractivity contribution in [3.8, 4) is 0 Å². The number of alkyl halides is 1. The van der Waals surface area contributed by atoms with Gasteiger partial charge in [-0.1, -0.05) is 36.9 Å². The van der Waals surface area contributed by atoms with Gasteiger partial charge in [-0.15, -0.1) is 11.6 Å². The summed E-state index contributed by atoms with van der Waals surface area (Å²) in [5, 5.41) is 0.654. The molecule has 1 aromatic carbocycles. The first-order valence-electron chi connectivity index (χ1n) is 8.34. The van der Waals surface area contributed by atoms with Gasteiger partial charge in [-0.25, -0.2) is 0 Å². The number of rotatable bonds is 5. The molecule has 0 spiro atoms. The van der Waals surface area contributed by atoms with E-state index in [0.717, 1.165) is 24.9 Å². The number of benzene rings is 1. The van der Waals surface area contributed by atoms with Crippen LogP contribution in [0.3, 0.4) is 0 Å². The molecule has 0 saturated heterocycles. The summed E-state index contributed by atoms with van der Waals surface area (Å²) in [6.07, 6.45) is 6.08. The van der Waals surface area contributed by atoms with Crippen molar-refractivity contribution in [1.29, 1.82) is 0 Å². The number of carbonyl (C=O) groups is 1. The summed E-state index contributed by atoms with van der Waals surface area (Å²) in [6.45, 7) is 0. The second kappa shape index (κ2) is 8.91. The van der Waals surface area contributed by atoms with E-state index < -0.39 is 0 Å². The number of anilines is 1. The maximum Gasteiger partial charge on any atom is 0.228 e. The van der Waals surface area contributed by atoms with Gasteiger partial charge in [0.25, 0.3) is 0 Å². The minimum atomic E-state index is 0.0843. The standard InChI is InChI=1S/C18H26Cl2N2O/c1-21(2)16-9-4-3-5-10-17(16)22(18(23)11-12-19)15-8-6-7-14(20)13-15/h6-8,13,16-17H,3-5,9-12H2,1-2H3. The lowest BCUT2D eigenvalue weighted by atomic mass is 9.98. The van der Waals surface area contributed by atoms with E-state index >= 15 is 0 Å². The highest BCUT2D eigenvalue weighted by Gasteiger charge is 2.33. The summed E-state index contributed by atoms with van der Waals surface area (Å²) in [7, 11) is 4.20. The first-order chi connectivity index (χ1) is 11.0. The fourth-order valence-corrected chi connectivity index (χ4v) is 3.87. The van der Waals surface area contributed by atoms with Gasteiger partial charge in [-0.3, -0.25) is 4.79 Å². The van der Waals surface area contributed by atoms with Crippen molar-refractivity contribution in [2.24, 2.45) is 0 Å². The second-order valence-corrected chi connectivity index (χ2v) is 7.23. The molecule has 0 heterocycles. The van der Waals surface area contributed by atoms with Gasteiger partial charge in [-0.05, 0) is 45.1 Å². The second-order valence-electron chi connectivity index (χ2n) is 6.42. The molecule has 0 bridgehead atoms. The van der Waals surface area contributed by atoms with Gasteiger partial charge in [0.1, 0.15) is 0 Å². The highest BCUT2D eigenvalue weighted by Crippen LogP contribution is 2.31. The fraction of sp³-hybridized carbons (Fsp3) is 0.611. The smallest absolute Gasteiger partial charge is 0.228 e. The van der Waals surface area contributed by atoms with Crippen LogP contribution in [0.2, 0.25) is 5.02 Å². The Bertz CT molecular complexity index is 521. The number of amides is 1. The van der Waals surface area contributed by atoms with Crippen LogP contribution in [0.4, 0.5) is 5.69 Å². The Kier molecular flexibility index (Phi) is 7.19. The van der Waals surface area contributed by atoms with Crippen LogP contribution in [0.25, 0.3) is 0 Å². The van der Waals surface area contributed by atoms with Crippen molar-refractivity contribution < 1.29 is 4.79 Å². The molecular weight excluding hydrogens is 331 g/mol. The maximum absolute atomic E-state index is 12.8. The molecule has 2 atom stereocenters. The molecule has 2 unspecified atom stereocenters. The topological polar surface area (TPSA) is 23.6 Å². The van der Waals surface area contributed by atoms with Crippen LogP contribution in [0.5, 0.6) is 0 Å². The van der Waals surface area contributed by atoms with Crippen LogP contribution >= 0.6 is 23.2 Å². The van der Waals surface area contributed by atoms with Crippen LogP contribution in [-0.4, -0.2) is 42.9 Å². The van der Waals surface area contributed by atoms with Crippen molar-refractivity contribution in [2.45, 2.75) is 50.6 Å². The van der Waals surface area contributed by atoms with Gasteiger partial charge >= 0.3 is 0 Å². The predicted molar refractivity (Wildman–Crippen MR) is 98.6 cm³/mol. The Hall–Kier alpha value is -0.770. The monoisotopic (exact) mass is 356 g/mol. The largest absolute Gasteiger partial charge is 0.308 e. The number of nitrogens with zero attached hydrogens (tertiary/aromatic N) is 2. The molecule has 0 N–H and O–H groups in total. The molecule has 1 amide bonds. The van der Waals surface area contributed by atoms with E-state index in [0.29, 0.717) is 23.4 Å². The molecule has 5 heteroatoms. The Balaban J connectivity index is 2.39. The Morgan fingerprint density at radius 3 is 2.48 bits per heavy atom. The predicted octanol–water partition coefficient (Wildman–Crippen LogP) is 4.56. The number of likely N-dealkylation sites (N-methyl/N-ethyl adjacent to an activating group) is 1. The summed E-state index contributed by atoms with van der Waals surface area (Å²) < 4.78 is 0. The van der Waals surface area contributed by atoms with Gasteiger partial charge in [0.15, 0.2) is 0 Å². The van der Waals surface area contributed by atoms with E-state index in [4.69, 9.17) is 23.2 Å². The van der Waals surface area contributed by atoms with Gasteiger partial charge in [0, 0.05) is 29.1 Å². The van der Waals surface area contributed by atoms with Crippen LogP contribution < -0.4 is 4.90 Å². The third-order valence-corrected chi connectivity index (χ3v) is 5.03. The summed E-state index contributed by atoms with van der Waals surface area (Å²) in [5.74, 6) is 0.427. The Labute approximate surface area is 149 Å². The number of halogens is 2. The molecule has 2 rings (SSSR count). The first kappa shape index (κ1) is 18.6. The van der Waals surface area contributed by atoms with E-state index in [1.807, 2.05) is 29.2 Å². The number of hydrogen-bond acceptors (Lipinski definition) is 2. The summed E-state index contributed by atoms with van der Waals surface area (Å²) in [6, 6.07) is 8.12. The van der Waals surface area contributed by atoms with Crippen LogP contribution in [0.1, 0.15) is 38.5 Å². The molecule has 0 aliphatic heterocycles. The molecule has 1 saturated carbocycles. The van der Waals surface area contributed by atoms with Crippen molar-refractivity contribution in [3.63, 3.8) is 0 Å². The molecular formula is C18H26Cl2N2O. The van der Waals surface area contributed by atoms with Crippen molar-refractivity contribution >= 4 is 34.8 Å². The minimum absolute atomic E-state index is 0.0843. The molecule has 0 aromatic heterocycles. The lowest BCUT2D eigenvalue weighted by Gasteiger charge is -2.39. The zero-order valence-corrected chi connectivity index (χ0v) is 15.5. The molecule has 3 nitrogen and oxygen atoms in total. The first-order valence-corrected chi connectivity index (χ1v) is 9.26. The Morgan fingerprint density at radius 1 is 1.17 bits per heavy atom. The lowest BCUT2D eigenvalue weighted by Crippen LogP contribution is -2.52. The van der Waals surface area contributed by atoms with E-state index in [9.17, 15) is 4.79 Å². The Morgan fingerprint density at radius 2 is 1.87 bits per heavy atom. The summed E-state index contributed by atoms with van der Waals surface area (Å²) >= 11 is 12.0. The SMILES string of the molecule is CN(C)C1CCCCCC1N(C(=O)CCCl)c1cccc(Cl)c1. The zero-order valence-electron chi connectivity index (χ0n) is 14.0. The molecule has 1 aliphatic carbocycles. The van der Waals surface area contributed by atoms with E-state index in [1.165, 1.54) is 12.8 Å². The molecule has 1 fully saturated rings. The van der Waals surface area contributed by atoms with Crippen molar-refractivity contribution in [2.75, 3.05) is 24.9 Å². The normalized spacial score (nSPS) is 22.0. The highest BCUT2D eigenvalue weighted by atomic mass is 35.5. The van der Waals surface area contributed by atoms with E-state index in [1.54, 1.807) is 0 Å². The quantitative estimate of drug-likeness (QED) is 0.570. The molecule has 23 heavy (non-hydrogen) atoms. The molecule has 1 aromatic rings. The van der Waals surface area contributed by atoms with Gasteiger partial charge in [0.05, 0.1) is 6.04 Å². The van der Waals surface area contributed by atoms with Gasteiger partial charge in [-0.2, -0.15) is 0 Å². The van der Waals surface area contributed by atoms with E-state index in [2.05, 4.69) is 19.0 Å². The average molecular weight is 357 g/mol. The maximum atomic E-state index is 12.8. The zero-order chi connectivity index (χ0) is 16.8. The van der Waals surface area contributed by atoms with Crippen molar-refractivity contribution in [1.82, 2.24) is 4.90 Å². The third kappa shape index (κ3) is 4.85. The molecule has 0 radical (unpaired) electrons. The van der Waals surface area contributed by atoms with Crippen molar-refractivity contribution in [3.05, 3.63) is 29.3 Å². The number of carbonyl (C=O) groups excluding carboxylic acids is 1.